The van der Waals surface area contributed by atoms with Gasteiger partial charge in [-0.25, -0.2) is 13.4 Å². The lowest BCUT2D eigenvalue weighted by Crippen LogP contribution is -2.32. The van der Waals surface area contributed by atoms with Crippen LogP contribution in [0.3, 0.4) is 0 Å². The predicted molar refractivity (Wildman–Crippen MR) is 112 cm³/mol. The van der Waals surface area contributed by atoms with Gasteiger partial charge in [0.2, 0.25) is 5.91 Å². The molecule has 2 aromatic carbocycles. The van der Waals surface area contributed by atoms with Crippen LogP contribution < -0.4 is 10.6 Å². The maximum Gasteiger partial charge on any atom is 0.253 e. The zero-order valence-corrected chi connectivity index (χ0v) is 16.9. The zero-order chi connectivity index (χ0) is 20.6. The number of aromatic nitrogens is 2. The summed E-state index contributed by atoms with van der Waals surface area (Å²) >= 11 is 1.16. The molecule has 0 unspecified atom stereocenters. The van der Waals surface area contributed by atoms with Crippen LogP contribution in [-0.2, 0) is 14.6 Å². The summed E-state index contributed by atoms with van der Waals surface area (Å²) in [5.41, 5.74) is 1.88. The van der Waals surface area contributed by atoms with Crippen LogP contribution >= 0.6 is 11.3 Å². The number of fused-ring (bicyclic) bond motifs is 2. The average Bonchev–Trinajstić information content (AvgIpc) is 3.28. The first-order chi connectivity index (χ1) is 13.8. The van der Waals surface area contributed by atoms with Gasteiger partial charge in [0, 0.05) is 23.4 Å². The first-order valence-corrected chi connectivity index (χ1v) is 11.3. The van der Waals surface area contributed by atoms with Gasteiger partial charge < -0.3 is 15.6 Å². The molecular formula is C19H16N4O4S2. The van der Waals surface area contributed by atoms with Crippen molar-refractivity contribution in [2.45, 2.75) is 4.90 Å². The number of hydrogen-bond donors (Lipinski definition) is 3. The summed E-state index contributed by atoms with van der Waals surface area (Å²) in [7, 11) is -3.32. The SMILES string of the molecule is CS(=O)(=O)c1ccc2nc(NC(=O)CNC(=O)c3c[nH]c4ccccc34)sc2c1. The van der Waals surface area contributed by atoms with Gasteiger partial charge in [-0.05, 0) is 24.3 Å². The fourth-order valence-electron chi connectivity index (χ4n) is 2.87. The molecule has 0 aliphatic rings. The molecule has 0 radical (unpaired) electrons. The molecule has 2 heterocycles. The number of sulfone groups is 1. The molecule has 3 N–H and O–H groups in total. The first-order valence-electron chi connectivity index (χ1n) is 8.56. The second-order valence-electron chi connectivity index (χ2n) is 6.40. The highest BCUT2D eigenvalue weighted by Crippen LogP contribution is 2.28. The highest BCUT2D eigenvalue weighted by molar-refractivity contribution is 7.90. The van der Waals surface area contributed by atoms with E-state index in [9.17, 15) is 18.0 Å². The number of H-pyrrole nitrogens is 1. The van der Waals surface area contributed by atoms with Gasteiger partial charge in [0.1, 0.15) is 0 Å². The summed E-state index contributed by atoms with van der Waals surface area (Å²) in [5, 5.41) is 6.32. The quantitative estimate of drug-likeness (QED) is 0.451. The maximum atomic E-state index is 12.4. The Morgan fingerprint density at radius 3 is 2.76 bits per heavy atom. The number of rotatable bonds is 5. The molecule has 29 heavy (non-hydrogen) atoms. The minimum absolute atomic E-state index is 0.192. The number of thiazole rings is 1. The second-order valence-corrected chi connectivity index (χ2v) is 9.45. The number of para-hydroxylation sites is 1. The number of carbonyl (C=O) groups excluding carboxylic acids is 2. The molecule has 148 valence electrons. The number of anilines is 1. The van der Waals surface area contributed by atoms with Crippen molar-refractivity contribution in [1.29, 1.82) is 0 Å². The minimum atomic E-state index is -3.32. The first kappa shape index (κ1) is 19.1. The molecule has 2 aromatic heterocycles. The summed E-state index contributed by atoms with van der Waals surface area (Å²) in [6.07, 6.45) is 2.74. The highest BCUT2D eigenvalue weighted by atomic mass is 32.2. The Balaban J connectivity index is 1.42. The maximum absolute atomic E-state index is 12.4. The number of benzene rings is 2. The van der Waals surface area contributed by atoms with Crippen molar-refractivity contribution < 1.29 is 18.0 Å². The number of aromatic amines is 1. The van der Waals surface area contributed by atoms with Gasteiger partial charge in [0.15, 0.2) is 15.0 Å². The Morgan fingerprint density at radius 1 is 1.17 bits per heavy atom. The summed E-state index contributed by atoms with van der Waals surface area (Å²) in [6.45, 7) is -0.219. The van der Waals surface area contributed by atoms with E-state index in [2.05, 4.69) is 20.6 Å². The minimum Gasteiger partial charge on any atom is -0.360 e. The number of nitrogens with one attached hydrogen (secondary N) is 3. The molecule has 8 nitrogen and oxygen atoms in total. The van der Waals surface area contributed by atoms with Crippen molar-refractivity contribution in [3.8, 4) is 0 Å². The fraction of sp³-hybridized carbons (Fsp3) is 0.105. The lowest BCUT2D eigenvalue weighted by Gasteiger charge is -2.04. The van der Waals surface area contributed by atoms with Crippen molar-refractivity contribution in [1.82, 2.24) is 15.3 Å². The van der Waals surface area contributed by atoms with Crippen molar-refractivity contribution >= 4 is 59.2 Å². The lowest BCUT2D eigenvalue weighted by molar-refractivity contribution is -0.115. The van der Waals surface area contributed by atoms with Crippen molar-refractivity contribution in [3.05, 3.63) is 54.2 Å². The standard InChI is InChI=1S/C19H16N4O4S2/c1-29(26,27)11-6-7-15-16(8-11)28-19(22-15)23-17(24)10-21-18(25)13-9-20-14-5-3-2-4-12(13)14/h2-9,20H,10H2,1H3,(H,21,25)(H,22,23,24). The smallest absolute Gasteiger partial charge is 0.253 e. The Labute approximate surface area is 169 Å². The third-order valence-electron chi connectivity index (χ3n) is 4.28. The molecule has 0 aliphatic heterocycles. The van der Waals surface area contributed by atoms with E-state index in [1.54, 1.807) is 12.3 Å². The molecule has 0 aliphatic carbocycles. The monoisotopic (exact) mass is 428 g/mol. The van der Waals surface area contributed by atoms with Gasteiger partial charge in [-0.15, -0.1) is 0 Å². The molecule has 0 saturated carbocycles. The summed E-state index contributed by atoms with van der Waals surface area (Å²) in [5.74, 6) is -0.791. The van der Waals surface area contributed by atoms with Crippen LogP contribution in [0, 0.1) is 0 Å². The molecule has 0 atom stereocenters. The van der Waals surface area contributed by atoms with Crippen LogP contribution in [0.2, 0.25) is 0 Å². The molecule has 10 heteroatoms. The summed E-state index contributed by atoms with van der Waals surface area (Å²) < 4.78 is 24.0. The topological polar surface area (TPSA) is 121 Å². The van der Waals surface area contributed by atoms with Gasteiger partial charge >= 0.3 is 0 Å². The van der Waals surface area contributed by atoms with Crippen molar-refractivity contribution in [2.75, 3.05) is 18.1 Å². The van der Waals surface area contributed by atoms with Gasteiger partial charge in [-0.3, -0.25) is 9.59 Å². The predicted octanol–water partition coefficient (Wildman–Crippen LogP) is 2.55. The second kappa shape index (κ2) is 7.30. The molecule has 0 bridgehead atoms. The zero-order valence-electron chi connectivity index (χ0n) is 15.2. The third-order valence-corrected chi connectivity index (χ3v) is 6.32. The van der Waals surface area contributed by atoms with Crippen LogP contribution in [0.4, 0.5) is 5.13 Å². The van der Waals surface area contributed by atoms with E-state index >= 15 is 0 Å². The molecule has 0 fully saturated rings. The van der Waals surface area contributed by atoms with Crippen molar-refractivity contribution in [2.24, 2.45) is 0 Å². The van der Waals surface area contributed by atoms with E-state index in [0.717, 1.165) is 28.5 Å². The lowest BCUT2D eigenvalue weighted by atomic mass is 10.1. The number of hydrogen-bond acceptors (Lipinski definition) is 6. The molecule has 4 rings (SSSR count). The van der Waals surface area contributed by atoms with E-state index in [4.69, 9.17) is 0 Å². The number of amides is 2. The van der Waals surface area contributed by atoms with Crippen LogP contribution in [-0.4, -0.2) is 43.0 Å². The Hall–Kier alpha value is -3.24. The van der Waals surface area contributed by atoms with Crippen LogP contribution in [0.1, 0.15) is 10.4 Å². The highest BCUT2D eigenvalue weighted by Gasteiger charge is 2.15. The molecular weight excluding hydrogens is 412 g/mol. The number of carbonyl (C=O) groups is 2. The fourth-order valence-corrected chi connectivity index (χ4v) is 4.51. The van der Waals surface area contributed by atoms with E-state index in [1.807, 2.05) is 24.3 Å². The van der Waals surface area contributed by atoms with E-state index in [1.165, 1.54) is 12.1 Å². The van der Waals surface area contributed by atoms with Crippen LogP contribution in [0.25, 0.3) is 21.1 Å². The van der Waals surface area contributed by atoms with E-state index in [0.29, 0.717) is 20.9 Å². The third kappa shape index (κ3) is 3.98. The van der Waals surface area contributed by atoms with Gasteiger partial charge in [0.25, 0.3) is 5.91 Å². The molecule has 0 spiro atoms. The van der Waals surface area contributed by atoms with E-state index < -0.39 is 15.7 Å². The molecule has 2 amide bonds. The molecule has 4 aromatic rings. The van der Waals surface area contributed by atoms with Crippen molar-refractivity contribution in [3.63, 3.8) is 0 Å². The van der Waals surface area contributed by atoms with Gasteiger partial charge in [-0.2, -0.15) is 0 Å². The van der Waals surface area contributed by atoms with Crippen LogP contribution in [0.15, 0.2) is 53.6 Å². The van der Waals surface area contributed by atoms with Crippen LogP contribution in [0.5, 0.6) is 0 Å². The summed E-state index contributed by atoms with van der Waals surface area (Å²) in [6, 6.07) is 12.0. The van der Waals surface area contributed by atoms with Gasteiger partial charge in [-0.1, -0.05) is 29.5 Å². The molecule has 0 saturated heterocycles. The van der Waals surface area contributed by atoms with E-state index in [-0.39, 0.29) is 17.3 Å². The summed E-state index contributed by atoms with van der Waals surface area (Å²) in [4.78, 5) is 32.0. The largest absolute Gasteiger partial charge is 0.360 e. The Bertz CT molecular complexity index is 1360. The normalized spacial score (nSPS) is 11.6. The average molecular weight is 428 g/mol. The van der Waals surface area contributed by atoms with Gasteiger partial charge in [0.05, 0.1) is 27.2 Å². The Morgan fingerprint density at radius 2 is 1.97 bits per heavy atom. The number of nitrogens with zero attached hydrogens (tertiary/aromatic N) is 1. The Kier molecular flexibility index (Phi) is 4.81.